The van der Waals surface area contributed by atoms with Gasteiger partial charge in [0.1, 0.15) is 5.82 Å². The highest BCUT2D eigenvalue weighted by Crippen LogP contribution is 2.34. The Morgan fingerprint density at radius 3 is 2.74 bits per heavy atom. The molecule has 2 aromatic heterocycles. The highest BCUT2D eigenvalue weighted by atomic mass is 15.2. The number of nitrogen functional groups attached to an aromatic ring is 1. The molecule has 0 saturated carbocycles. The largest absolute Gasteiger partial charge is 0.382 e. The van der Waals surface area contributed by atoms with Crippen molar-refractivity contribution >= 4 is 16.7 Å². The average molecular weight is 252 g/mol. The van der Waals surface area contributed by atoms with Gasteiger partial charge in [-0.15, -0.1) is 0 Å². The van der Waals surface area contributed by atoms with Gasteiger partial charge in [0.15, 0.2) is 0 Å². The van der Waals surface area contributed by atoms with Gasteiger partial charge < -0.3 is 5.73 Å². The minimum atomic E-state index is 0.320. The van der Waals surface area contributed by atoms with Crippen LogP contribution in [0.15, 0.2) is 36.5 Å². The number of H-pyrrole nitrogens is 1. The summed E-state index contributed by atoms with van der Waals surface area (Å²) in [5, 5.41) is 8.32. The number of para-hydroxylation sites is 1. The molecule has 1 aromatic carbocycles. The number of benzene rings is 1. The third-order valence-electron chi connectivity index (χ3n) is 3.33. The van der Waals surface area contributed by atoms with Gasteiger partial charge in [0, 0.05) is 22.7 Å². The summed E-state index contributed by atoms with van der Waals surface area (Å²) in [6, 6.07) is 10.1. The van der Waals surface area contributed by atoms with Gasteiger partial charge in [-0.2, -0.15) is 5.10 Å². The molecule has 19 heavy (non-hydrogen) atoms. The number of fused-ring (bicyclic) bond motifs is 1. The van der Waals surface area contributed by atoms with E-state index < -0.39 is 0 Å². The molecule has 0 aliphatic rings. The number of nitrogens with one attached hydrogen (secondary N) is 1. The van der Waals surface area contributed by atoms with E-state index in [1.807, 2.05) is 30.5 Å². The third kappa shape index (κ3) is 1.85. The van der Waals surface area contributed by atoms with Crippen molar-refractivity contribution < 1.29 is 0 Å². The van der Waals surface area contributed by atoms with Crippen LogP contribution in [0.4, 0.5) is 5.82 Å². The molecule has 0 bridgehead atoms. The van der Waals surface area contributed by atoms with Crippen LogP contribution in [0.25, 0.3) is 22.2 Å². The molecule has 0 aliphatic carbocycles. The van der Waals surface area contributed by atoms with Crippen molar-refractivity contribution in [2.45, 2.75) is 19.8 Å². The SMILES string of the molecule is CC(C)c1c(N)n[nH]c1-c1ccnc2ccccc12. The Morgan fingerprint density at radius 2 is 1.95 bits per heavy atom. The zero-order chi connectivity index (χ0) is 13.4. The molecule has 0 amide bonds. The van der Waals surface area contributed by atoms with Crippen molar-refractivity contribution in [1.29, 1.82) is 0 Å². The highest BCUT2D eigenvalue weighted by molar-refractivity contribution is 5.94. The minimum Gasteiger partial charge on any atom is -0.382 e. The van der Waals surface area contributed by atoms with Gasteiger partial charge in [-0.3, -0.25) is 10.1 Å². The second-order valence-electron chi connectivity index (χ2n) is 4.93. The van der Waals surface area contributed by atoms with Gasteiger partial charge in [0.2, 0.25) is 0 Å². The first-order valence-electron chi connectivity index (χ1n) is 6.36. The lowest BCUT2D eigenvalue weighted by molar-refractivity contribution is 0.873. The third-order valence-corrected chi connectivity index (χ3v) is 3.33. The zero-order valence-corrected chi connectivity index (χ0v) is 11.0. The molecule has 0 aliphatic heterocycles. The molecule has 3 aromatic rings. The Hall–Kier alpha value is -2.36. The first-order valence-corrected chi connectivity index (χ1v) is 6.36. The van der Waals surface area contributed by atoms with Gasteiger partial charge >= 0.3 is 0 Å². The van der Waals surface area contributed by atoms with Crippen molar-refractivity contribution in [2.24, 2.45) is 0 Å². The van der Waals surface area contributed by atoms with Crippen molar-refractivity contribution in [3.8, 4) is 11.3 Å². The van der Waals surface area contributed by atoms with Crippen LogP contribution in [0.2, 0.25) is 0 Å². The number of hydrogen-bond acceptors (Lipinski definition) is 3. The van der Waals surface area contributed by atoms with E-state index >= 15 is 0 Å². The summed E-state index contributed by atoms with van der Waals surface area (Å²) in [5.41, 5.74) is 10.1. The molecule has 0 fully saturated rings. The molecule has 4 nitrogen and oxygen atoms in total. The first kappa shape index (κ1) is 11.7. The van der Waals surface area contributed by atoms with E-state index in [1.54, 1.807) is 0 Å². The van der Waals surface area contributed by atoms with Crippen LogP contribution in [0.3, 0.4) is 0 Å². The number of aromatic amines is 1. The number of pyridine rings is 1. The van der Waals surface area contributed by atoms with Crippen LogP contribution in [-0.2, 0) is 0 Å². The second kappa shape index (κ2) is 4.39. The molecule has 3 N–H and O–H groups in total. The first-order chi connectivity index (χ1) is 9.18. The minimum absolute atomic E-state index is 0.320. The van der Waals surface area contributed by atoms with Gasteiger partial charge in [0.25, 0.3) is 0 Å². The van der Waals surface area contributed by atoms with Gasteiger partial charge in [-0.05, 0) is 18.1 Å². The Balaban J connectivity index is 2.31. The van der Waals surface area contributed by atoms with Crippen LogP contribution < -0.4 is 5.73 Å². The van der Waals surface area contributed by atoms with Crippen LogP contribution in [0.1, 0.15) is 25.3 Å². The molecule has 0 atom stereocenters. The summed E-state index contributed by atoms with van der Waals surface area (Å²) < 4.78 is 0. The zero-order valence-electron chi connectivity index (χ0n) is 11.0. The lowest BCUT2D eigenvalue weighted by Crippen LogP contribution is -1.95. The monoisotopic (exact) mass is 252 g/mol. The molecule has 0 unspecified atom stereocenters. The average Bonchev–Trinajstić information content (AvgIpc) is 2.80. The van der Waals surface area contributed by atoms with Gasteiger partial charge in [-0.1, -0.05) is 32.0 Å². The second-order valence-corrected chi connectivity index (χ2v) is 4.93. The quantitative estimate of drug-likeness (QED) is 0.735. The molecule has 96 valence electrons. The van der Waals surface area contributed by atoms with Crippen LogP contribution in [0.5, 0.6) is 0 Å². The van der Waals surface area contributed by atoms with Crippen molar-refractivity contribution in [3.05, 3.63) is 42.1 Å². The summed E-state index contributed by atoms with van der Waals surface area (Å²) >= 11 is 0. The number of aromatic nitrogens is 3. The predicted molar refractivity (Wildman–Crippen MR) is 77.8 cm³/mol. The maximum Gasteiger partial charge on any atom is 0.149 e. The molecular formula is C15H16N4. The fourth-order valence-corrected chi connectivity index (χ4v) is 2.47. The molecule has 0 radical (unpaired) electrons. The molecular weight excluding hydrogens is 236 g/mol. The van der Waals surface area contributed by atoms with Crippen molar-refractivity contribution in [3.63, 3.8) is 0 Å². The molecule has 0 spiro atoms. The maximum absolute atomic E-state index is 5.97. The van der Waals surface area contributed by atoms with E-state index in [0.717, 1.165) is 27.7 Å². The number of rotatable bonds is 2. The van der Waals surface area contributed by atoms with E-state index in [0.29, 0.717) is 11.7 Å². The molecule has 2 heterocycles. The fraction of sp³-hybridized carbons (Fsp3) is 0.200. The Bertz CT molecular complexity index is 723. The summed E-state index contributed by atoms with van der Waals surface area (Å²) in [6.45, 7) is 4.24. The topological polar surface area (TPSA) is 67.6 Å². The lowest BCUT2D eigenvalue weighted by Gasteiger charge is -2.09. The highest BCUT2D eigenvalue weighted by Gasteiger charge is 2.17. The van der Waals surface area contributed by atoms with E-state index in [2.05, 4.69) is 35.1 Å². The van der Waals surface area contributed by atoms with E-state index in [-0.39, 0.29) is 0 Å². The summed E-state index contributed by atoms with van der Waals surface area (Å²) in [4.78, 5) is 4.38. The summed E-state index contributed by atoms with van der Waals surface area (Å²) in [6.07, 6.45) is 1.82. The number of nitrogens with two attached hydrogens (primary N) is 1. The normalized spacial score (nSPS) is 11.3. The number of anilines is 1. The molecule has 4 heteroatoms. The van der Waals surface area contributed by atoms with Gasteiger partial charge in [0.05, 0.1) is 11.2 Å². The maximum atomic E-state index is 5.97. The lowest BCUT2D eigenvalue weighted by atomic mass is 9.97. The van der Waals surface area contributed by atoms with Crippen LogP contribution >= 0.6 is 0 Å². The van der Waals surface area contributed by atoms with E-state index in [1.165, 1.54) is 0 Å². The van der Waals surface area contributed by atoms with Gasteiger partial charge in [-0.25, -0.2) is 0 Å². The van der Waals surface area contributed by atoms with Crippen molar-refractivity contribution in [2.75, 3.05) is 5.73 Å². The predicted octanol–water partition coefficient (Wildman–Crippen LogP) is 3.33. The van der Waals surface area contributed by atoms with Crippen LogP contribution in [0, 0.1) is 0 Å². The van der Waals surface area contributed by atoms with Crippen LogP contribution in [-0.4, -0.2) is 15.2 Å². The molecule has 0 saturated heterocycles. The molecule has 3 rings (SSSR count). The summed E-state index contributed by atoms with van der Waals surface area (Å²) in [5.74, 6) is 0.895. The Labute approximate surface area is 111 Å². The number of hydrogen-bond donors (Lipinski definition) is 2. The summed E-state index contributed by atoms with van der Waals surface area (Å²) in [7, 11) is 0. The van der Waals surface area contributed by atoms with E-state index in [9.17, 15) is 0 Å². The fourth-order valence-electron chi connectivity index (χ4n) is 2.47. The van der Waals surface area contributed by atoms with Crippen molar-refractivity contribution in [1.82, 2.24) is 15.2 Å². The van der Waals surface area contributed by atoms with E-state index in [4.69, 9.17) is 5.73 Å². The standard InChI is InChI=1S/C15H16N4/c1-9(2)13-14(18-19-15(13)16)11-7-8-17-12-6-4-3-5-10(11)12/h3-9H,1-2H3,(H3,16,18,19). The Morgan fingerprint density at radius 1 is 1.16 bits per heavy atom. The number of nitrogens with zero attached hydrogens (tertiary/aromatic N) is 2. The smallest absolute Gasteiger partial charge is 0.149 e. The Kier molecular flexibility index (Phi) is 2.71.